The highest BCUT2D eigenvalue weighted by atomic mass is 16.5. The van der Waals surface area contributed by atoms with Crippen LogP contribution in [0.2, 0.25) is 0 Å². The molecular weight excluding hydrogens is 242 g/mol. The van der Waals surface area contributed by atoms with Gasteiger partial charge in [-0.3, -0.25) is 0 Å². The van der Waals surface area contributed by atoms with E-state index in [0.29, 0.717) is 6.04 Å². The SMILES string of the molecule is c1nc(N[C@@H]2CCCNC2)cc(N2CCOCC2)n1. The average molecular weight is 263 g/mol. The Morgan fingerprint density at radius 1 is 1.32 bits per heavy atom. The second kappa shape index (κ2) is 6.16. The van der Waals surface area contributed by atoms with E-state index in [1.54, 1.807) is 6.33 Å². The maximum absolute atomic E-state index is 5.36. The van der Waals surface area contributed by atoms with Crippen LogP contribution in [-0.2, 0) is 4.74 Å². The van der Waals surface area contributed by atoms with Crippen LogP contribution in [0.5, 0.6) is 0 Å². The second-order valence-electron chi connectivity index (χ2n) is 5.05. The number of rotatable bonds is 3. The van der Waals surface area contributed by atoms with Crippen LogP contribution < -0.4 is 15.5 Å². The van der Waals surface area contributed by atoms with Crippen LogP contribution in [-0.4, -0.2) is 55.4 Å². The molecule has 0 unspecified atom stereocenters. The van der Waals surface area contributed by atoms with Gasteiger partial charge in [-0.1, -0.05) is 0 Å². The third-order valence-corrected chi connectivity index (χ3v) is 3.64. The second-order valence-corrected chi connectivity index (χ2v) is 5.05. The van der Waals surface area contributed by atoms with Crippen molar-refractivity contribution in [1.29, 1.82) is 0 Å². The van der Waals surface area contributed by atoms with Gasteiger partial charge in [0.05, 0.1) is 13.2 Å². The van der Waals surface area contributed by atoms with Crippen LogP contribution in [0.25, 0.3) is 0 Å². The van der Waals surface area contributed by atoms with Gasteiger partial charge in [0.2, 0.25) is 0 Å². The molecule has 2 aliphatic rings. The molecule has 0 saturated carbocycles. The minimum absolute atomic E-state index is 0.473. The fraction of sp³-hybridized carbons (Fsp3) is 0.692. The van der Waals surface area contributed by atoms with Gasteiger partial charge in [0.15, 0.2) is 0 Å². The molecule has 0 aliphatic carbocycles. The predicted octanol–water partition coefficient (Wildman–Crippen LogP) is 0.477. The van der Waals surface area contributed by atoms with Crippen LogP contribution >= 0.6 is 0 Å². The van der Waals surface area contributed by atoms with Gasteiger partial charge in [0.25, 0.3) is 0 Å². The van der Waals surface area contributed by atoms with Gasteiger partial charge in [0.1, 0.15) is 18.0 Å². The van der Waals surface area contributed by atoms with Gasteiger partial charge in [-0.25, -0.2) is 9.97 Å². The summed E-state index contributed by atoms with van der Waals surface area (Å²) in [4.78, 5) is 10.9. The summed E-state index contributed by atoms with van der Waals surface area (Å²) < 4.78 is 5.36. The Kier molecular flexibility index (Phi) is 4.10. The first kappa shape index (κ1) is 12.6. The van der Waals surface area contributed by atoms with E-state index in [-0.39, 0.29) is 0 Å². The first-order valence-corrected chi connectivity index (χ1v) is 7.04. The number of morpholine rings is 1. The summed E-state index contributed by atoms with van der Waals surface area (Å²) in [6, 6.07) is 2.51. The maximum atomic E-state index is 5.36. The largest absolute Gasteiger partial charge is 0.378 e. The summed E-state index contributed by atoms with van der Waals surface area (Å²) in [5.41, 5.74) is 0. The van der Waals surface area contributed by atoms with Crippen molar-refractivity contribution in [3.05, 3.63) is 12.4 Å². The molecule has 19 heavy (non-hydrogen) atoms. The zero-order valence-corrected chi connectivity index (χ0v) is 11.1. The van der Waals surface area contributed by atoms with E-state index in [2.05, 4.69) is 25.5 Å². The van der Waals surface area contributed by atoms with E-state index < -0.39 is 0 Å². The Balaban J connectivity index is 1.64. The Bertz CT molecular complexity index is 402. The highest BCUT2D eigenvalue weighted by Gasteiger charge is 2.15. The van der Waals surface area contributed by atoms with Crippen molar-refractivity contribution in [2.75, 3.05) is 49.6 Å². The maximum Gasteiger partial charge on any atom is 0.134 e. The molecule has 6 nitrogen and oxygen atoms in total. The normalized spacial score (nSPS) is 24.2. The van der Waals surface area contributed by atoms with Gasteiger partial charge in [-0.05, 0) is 19.4 Å². The Morgan fingerprint density at radius 2 is 2.21 bits per heavy atom. The zero-order valence-electron chi connectivity index (χ0n) is 11.1. The lowest BCUT2D eigenvalue weighted by molar-refractivity contribution is 0.122. The van der Waals surface area contributed by atoms with Gasteiger partial charge < -0.3 is 20.3 Å². The van der Waals surface area contributed by atoms with Gasteiger partial charge >= 0.3 is 0 Å². The minimum Gasteiger partial charge on any atom is -0.378 e. The molecule has 0 bridgehead atoms. The van der Waals surface area contributed by atoms with Gasteiger partial charge in [-0.2, -0.15) is 0 Å². The van der Waals surface area contributed by atoms with E-state index in [1.165, 1.54) is 12.8 Å². The average Bonchev–Trinajstić information content (AvgIpc) is 2.49. The van der Waals surface area contributed by atoms with Crippen LogP contribution in [0.4, 0.5) is 11.6 Å². The molecule has 3 heterocycles. The summed E-state index contributed by atoms with van der Waals surface area (Å²) in [5.74, 6) is 1.91. The summed E-state index contributed by atoms with van der Waals surface area (Å²) in [6.07, 6.45) is 4.06. The number of hydrogen-bond acceptors (Lipinski definition) is 6. The van der Waals surface area contributed by atoms with Gasteiger partial charge in [-0.15, -0.1) is 0 Å². The van der Waals surface area contributed by atoms with E-state index >= 15 is 0 Å². The summed E-state index contributed by atoms with van der Waals surface area (Å²) >= 11 is 0. The van der Waals surface area contributed by atoms with E-state index in [0.717, 1.165) is 51.0 Å². The summed E-state index contributed by atoms with van der Waals surface area (Å²) in [6.45, 7) is 5.50. The van der Waals surface area contributed by atoms with Crippen LogP contribution in [0, 0.1) is 0 Å². The minimum atomic E-state index is 0.473. The number of nitrogens with one attached hydrogen (secondary N) is 2. The molecule has 1 aromatic rings. The molecule has 0 spiro atoms. The van der Waals surface area contributed by atoms with Crippen LogP contribution in [0.15, 0.2) is 12.4 Å². The molecule has 1 atom stereocenters. The van der Waals surface area contributed by atoms with Crippen molar-refractivity contribution in [2.24, 2.45) is 0 Å². The molecule has 2 saturated heterocycles. The number of hydrogen-bond donors (Lipinski definition) is 2. The molecule has 2 fully saturated rings. The third kappa shape index (κ3) is 3.33. The molecular formula is C13H21N5O. The smallest absolute Gasteiger partial charge is 0.134 e. The van der Waals surface area contributed by atoms with Crippen molar-refractivity contribution < 1.29 is 4.74 Å². The lowest BCUT2D eigenvalue weighted by atomic mass is 10.1. The third-order valence-electron chi connectivity index (χ3n) is 3.64. The van der Waals surface area contributed by atoms with E-state index in [9.17, 15) is 0 Å². The fourth-order valence-corrected chi connectivity index (χ4v) is 2.58. The predicted molar refractivity (Wildman–Crippen MR) is 74.6 cm³/mol. The number of piperidine rings is 1. The monoisotopic (exact) mass is 263 g/mol. The Labute approximate surface area is 113 Å². The quantitative estimate of drug-likeness (QED) is 0.827. The molecule has 2 aliphatic heterocycles. The molecule has 1 aromatic heterocycles. The van der Waals surface area contributed by atoms with Crippen LogP contribution in [0.1, 0.15) is 12.8 Å². The van der Waals surface area contributed by atoms with Crippen molar-refractivity contribution in [3.63, 3.8) is 0 Å². The molecule has 3 rings (SSSR count). The Hall–Kier alpha value is -1.40. The lowest BCUT2D eigenvalue weighted by Gasteiger charge is -2.28. The highest BCUT2D eigenvalue weighted by Crippen LogP contribution is 2.17. The standard InChI is InChI=1S/C13H21N5O/c1-2-11(9-14-3-1)17-12-8-13(16-10-15-12)18-4-6-19-7-5-18/h8,10-11,14H,1-7,9H2,(H,15,16,17)/t11-/m1/s1. The molecule has 0 amide bonds. The topological polar surface area (TPSA) is 62.3 Å². The molecule has 0 aromatic carbocycles. The summed E-state index contributed by atoms with van der Waals surface area (Å²) in [5, 5.41) is 6.89. The van der Waals surface area contributed by atoms with E-state index in [1.807, 2.05) is 6.07 Å². The van der Waals surface area contributed by atoms with Crippen molar-refractivity contribution in [1.82, 2.24) is 15.3 Å². The molecule has 6 heteroatoms. The first-order chi connectivity index (χ1) is 9.42. The number of aromatic nitrogens is 2. The number of nitrogens with zero attached hydrogens (tertiary/aromatic N) is 3. The van der Waals surface area contributed by atoms with Crippen LogP contribution in [0.3, 0.4) is 0 Å². The molecule has 2 N–H and O–H groups in total. The van der Waals surface area contributed by atoms with Crippen molar-refractivity contribution >= 4 is 11.6 Å². The number of anilines is 2. The highest BCUT2D eigenvalue weighted by molar-refractivity contribution is 5.49. The van der Waals surface area contributed by atoms with Gasteiger partial charge in [0, 0.05) is 31.7 Å². The Morgan fingerprint density at radius 3 is 3.00 bits per heavy atom. The lowest BCUT2D eigenvalue weighted by Crippen LogP contribution is -2.39. The molecule has 104 valence electrons. The number of ether oxygens (including phenoxy) is 1. The molecule has 0 radical (unpaired) electrons. The fourth-order valence-electron chi connectivity index (χ4n) is 2.58. The van der Waals surface area contributed by atoms with Crippen molar-refractivity contribution in [3.8, 4) is 0 Å². The van der Waals surface area contributed by atoms with E-state index in [4.69, 9.17) is 4.74 Å². The first-order valence-electron chi connectivity index (χ1n) is 7.04. The summed E-state index contributed by atoms with van der Waals surface area (Å²) in [7, 11) is 0. The zero-order chi connectivity index (χ0) is 12.9. The van der Waals surface area contributed by atoms with Crippen molar-refractivity contribution in [2.45, 2.75) is 18.9 Å².